The fraction of sp³-hybridized carbons (Fsp3) is 0.571. The Bertz CT molecular complexity index is 349. The molecule has 0 atom stereocenters. The first kappa shape index (κ1) is 10.5. The minimum atomic E-state index is 0.498. The second-order valence-corrected chi connectivity index (χ2v) is 4.78. The first-order valence-corrected chi connectivity index (χ1v) is 5.99. The summed E-state index contributed by atoms with van der Waals surface area (Å²) in [5.74, 6) is 1.18. The van der Waals surface area contributed by atoms with Gasteiger partial charge in [-0.3, -0.25) is 0 Å². The van der Waals surface area contributed by atoms with Gasteiger partial charge in [0.2, 0.25) is 0 Å². The summed E-state index contributed by atoms with van der Waals surface area (Å²) >= 11 is 0. The molecule has 0 aliphatic heterocycles. The fourth-order valence-corrected chi connectivity index (χ4v) is 2.71. The third-order valence-electron chi connectivity index (χ3n) is 3.72. The zero-order valence-electron chi connectivity index (χ0n) is 9.71. The van der Waals surface area contributed by atoms with Gasteiger partial charge in [-0.1, -0.05) is 31.4 Å². The average Bonchev–Trinajstić information content (AvgIpc) is 2.27. The number of rotatable bonds is 1. The summed E-state index contributed by atoms with van der Waals surface area (Å²) in [5, 5.41) is 9.92. The van der Waals surface area contributed by atoms with Crippen molar-refractivity contribution in [2.24, 2.45) is 0 Å². The van der Waals surface area contributed by atoms with Crippen LogP contribution in [0.4, 0.5) is 0 Å². The van der Waals surface area contributed by atoms with Gasteiger partial charge < -0.3 is 5.11 Å². The van der Waals surface area contributed by atoms with Crippen LogP contribution in [0, 0.1) is 13.8 Å². The maximum absolute atomic E-state index is 9.92. The molecule has 82 valence electrons. The van der Waals surface area contributed by atoms with Gasteiger partial charge in [-0.25, -0.2) is 0 Å². The molecule has 0 spiro atoms. The molecule has 0 radical (unpaired) electrons. The Hall–Kier alpha value is -0.980. The molecule has 0 amide bonds. The van der Waals surface area contributed by atoms with E-state index in [0.717, 1.165) is 11.1 Å². The van der Waals surface area contributed by atoms with Crippen LogP contribution in [0.25, 0.3) is 0 Å². The molecule has 1 aliphatic rings. The Labute approximate surface area is 92.1 Å². The molecule has 1 aliphatic carbocycles. The normalized spacial score (nSPS) is 18.0. The van der Waals surface area contributed by atoms with Crippen LogP contribution < -0.4 is 0 Å². The summed E-state index contributed by atoms with van der Waals surface area (Å²) in [4.78, 5) is 0. The summed E-state index contributed by atoms with van der Waals surface area (Å²) < 4.78 is 0. The molecular formula is C14H20O. The van der Waals surface area contributed by atoms with E-state index in [2.05, 4.69) is 6.07 Å². The highest BCUT2D eigenvalue weighted by molar-refractivity contribution is 5.45. The SMILES string of the molecule is Cc1ccc(C2CCCCC2)c(C)c1O. The monoisotopic (exact) mass is 204 g/mol. The second kappa shape index (κ2) is 4.26. The van der Waals surface area contributed by atoms with Crippen LogP contribution in [0.15, 0.2) is 12.1 Å². The van der Waals surface area contributed by atoms with Gasteiger partial charge in [0.05, 0.1) is 0 Å². The molecule has 1 aromatic rings. The summed E-state index contributed by atoms with van der Waals surface area (Å²) in [6.45, 7) is 4.01. The molecule has 0 saturated heterocycles. The highest BCUT2D eigenvalue weighted by Crippen LogP contribution is 2.37. The summed E-state index contributed by atoms with van der Waals surface area (Å²) in [6.07, 6.45) is 6.66. The van der Waals surface area contributed by atoms with Crippen molar-refractivity contribution in [2.45, 2.75) is 51.9 Å². The van der Waals surface area contributed by atoms with E-state index in [4.69, 9.17) is 0 Å². The smallest absolute Gasteiger partial charge is 0.121 e. The molecule has 0 aromatic heterocycles. The van der Waals surface area contributed by atoms with Crippen LogP contribution >= 0.6 is 0 Å². The fourth-order valence-electron chi connectivity index (χ4n) is 2.71. The quantitative estimate of drug-likeness (QED) is 0.731. The van der Waals surface area contributed by atoms with E-state index in [1.54, 1.807) is 0 Å². The van der Waals surface area contributed by atoms with Crippen molar-refractivity contribution in [1.29, 1.82) is 0 Å². The van der Waals surface area contributed by atoms with E-state index in [0.29, 0.717) is 11.7 Å². The number of aryl methyl sites for hydroxylation is 1. The molecule has 0 heterocycles. The maximum Gasteiger partial charge on any atom is 0.121 e. The van der Waals surface area contributed by atoms with Crippen LogP contribution in [0.3, 0.4) is 0 Å². The third-order valence-corrected chi connectivity index (χ3v) is 3.72. The van der Waals surface area contributed by atoms with E-state index in [-0.39, 0.29) is 0 Å². The van der Waals surface area contributed by atoms with Gasteiger partial charge >= 0.3 is 0 Å². The predicted octanol–water partition coefficient (Wildman–Crippen LogP) is 4.06. The Morgan fingerprint density at radius 1 is 1.07 bits per heavy atom. The zero-order chi connectivity index (χ0) is 10.8. The number of phenolic OH excluding ortho intramolecular Hbond substituents is 1. The van der Waals surface area contributed by atoms with Crippen molar-refractivity contribution in [2.75, 3.05) is 0 Å². The van der Waals surface area contributed by atoms with Crippen molar-refractivity contribution in [3.05, 3.63) is 28.8 Å². The summed E-state index contributed by atoms with van der Waals surface area (Å²) in [5.41, 5.74) is 3.46. The largest absolute Gasteiger partial charge is 0.507 e. The van der Waals surface area contributed by atoms with Crippen molar-refractivity contribution in [1.82, 2.24) is 0 Å². The lowest BCUT2D eigenvalue weighted by atomic mass is 9.82. The summed E-state index contributed by atoms with van der Waals surface area (Å²) in [7, 11) is 0. The van der Waals surface area contributed by atoms with Crippen LogP contribution in [0.2, 0.25) is 0 Å². The second-order valence-electron chi connectivity index (χ2n) is 4.78. The molecule has 15 heavy (non-hydrogen) atoms. The van der Waals surface area contributed by atoms with Gasteiger partial charge in [0.15, 0.2) is 0 Å². The van der Waals surface area contributed by atoms with Crippen LogP contribution in [0.1, 0.15) is 54.7 Å². The molecule has 1 aromatic carbocycles. The molecule has 0 unspecified atom stereocenters. The van der Waals surface area contributed by atoms with E-state index in [1.807, 2.05) is 19.9 Å². The van der Waals surface area contributed by atoms with E-state index in [9.17, 15) is 5.11 Å². The Morgan fingerprint density at radius 2 is 1.73 bits per heavy atom. The molecule has 1 N–H and O–H groups in total. The van der Waals surface area contributed by atoms with E-state index >= 15 is 0 Å². The molecule has 1 fully saturated rings. The highest BCUT2D eigenvalue weighted by Gasteiger charge is 2.18. The first-order valence-electron chi connectivity index (χ1n) is 5.99. The number of hydrogen-bond donors (Lipinski definition) is 1. The number of hydrogen-bond acceptors (Lipinski definition) is 1. The van der Waals surface area contributed by atoms with Gasteiger partial charge in [-0.15, -0.1) is 0 Å². The van der Waals surface area contributed by atoms with Crippen LogP contribution in [0.5, 0.6) is 5.75 Å². The lowest BCUT2D eigenvalue weighted by Gasteiger charge is -2.24. The van der Waals surface area contributed by atoms with Crippen molar-refractivity contribution in [3.8, 4) is 5.75 Å². The Kier molecular flexibility index (Phi) is 2.99. The Morgan fingerprint density at radius 3 is 2.40 bits per heavy atom. The van der Waals surface area contributed by atoms with Gasteiger partial charge in [0.1, 0.15) is 5.75 Å². The molecule has 1 heteroatoms. The standard InChI is InChI=1S/C14H20O/c1-10-8-9-13(11(2)14(10)15)12-6-4-3-5-7-12/h8-9,12,15H,3-7H2,1-2H3. The van der Waals surface area contributed by atoms with Crippen LogP contribution in [-0.2, 0) is 0 Å². The molecule has 2 rings (SSSR count). The van der Waals surface area contributed by atoms with E-state index in [1.165, 1.54) is 37.7 Å². The molecule has 1 saturated carbocycles. The van der Waals surface area contributed by atoms with Crippen molar-refractivity contribution >= 4 is 0 Å². The lowest BCUT2D eigenvalue weighted by molar-refractivity contribution is 0.434. The first-order chi connectivity index (χ1) is 7.20. The molecule has 0 bridgehead atoms. The van der Waals surface area contributed by atoms with Crippen molar-refractivity contribution < 1.29 is 5.11 Å². The number of benzene rings is 1. The van der Waals surface area contributed by atoms with Gasteiger partial charge in [0.25, 0.3) is 0 Å². The topological polar surface area (TPSA) is 20.2 Å². The minimum absolute atomic E-state index is 0.498. The van der Waals surface area contributed by atoms with Gasteiger partial charge in [-0.05, 0) is 49.3 Å². The molecule has 1 nitrogen and oxygen atoms in total. The van der Waals surface area contributed by atoms with Crippen molar-refractivity contribution in [3.63, 3.8) is 0 Å². The third kappa shape index (κ3) is 2.01. The van der Waals surface area contributed by atoms with E-state index < -0.39 is 0 Å². The van der Waals surface area contributed by atoms with Crippen LogP contribution in [-0.4, -0.2) is 5.11 Å². The van der Waals surface area contributed by atoms with Gasteiger partial charge in [0, 0.05) is 0 Å². The minimum Gasteiger partial charge on any atom is -0.507 e. The lowest BCUT2D eigenvalue weighted by Crippen LogP contribution is -2.06. The number of aromatic hydroxyl groups is 1. The number of phenols is 1. The maximum atomic E-state index is 9.92. The van der Waals surface area contributed by atoms with Gasteiger partial charge in [-0.2, -0.15) is 0 Å². The average molecular weight is 204 g/mol. The Balaban J connectivity index is 2.31. The zero-order valence-corrected chi connectivity index (χ0v) is 9.71. The summed E-state index contributed by atoms with van der Waals surface area (Å²) in [6, 6.07) is 4.26. The predicted molar refractivity (Wildman–Crippen MR) is 63.4 cm³/mol. The highest BCUT2D eigenvalue weighted by atomic mass is 16.3. The molecular weight excluding hydrogens is 184 g/mol.